The Morgan fingerprint density at radius 1 is 1.32 bits per heavy atom. The van der Waals surface area contributed by atoms with Crippen LogP contribution in [0.3, 0.4) is 0 Å². The molecule has 120 valence electrons. The van der Waals surface area contributed by atoms with Gasteiger partial charge in [0.05, 0.1) is 16.8 Å². The van der Waals surface area contributed by atoms with Crippen LogP contribution in [0.25, 0.3) is 0 Å². The number of aliphatic hydroxyl groups is 1. The molecule has 6 heteroatoms. The van der Waals surface area contributed by atoms with Gasteiger partial charge >= 0.3 is 11.8 Å². The van der Waals surface area contributed by atoms with Crippen LogP contribution in [0.2, 0.25) is 5.02 Å². The second-order valence-electron chi connectivity index (χ2n) is 5.83. The van der Waals surface area contributed by atoms with E-state index in [2.05, 4.69) is 10.6 Å². The van der Waals surface area contributed by atoms with Gasteiger partial charge in [-0.2, -0.15) is 0 Å². The standard InChI is InChI=1S/C16H21ClN2O3/c1-10-5-6-14(13(17)7-10)19-16(22)15(21)18-9-11-3-2-4-12(20)8-11/h5-7,11-12,20H,2-4,8-9H2,1H3,(H,18,21)(H,19,22). The van der Waals surface area contributed by atoms with Gasteiger partial charge in [0.2, 0.25) is 0 Å². The average molecular weight is 325 g/mol. The smallest absolute Gasteiger partial charge is 0.313 e. The van der Waals surface area contributed by atoms with Gasteiger partial charge in [0.15, 0.2) is 0 Å². The van der Waals surface area contributed by atoms with E-state index in [1.165, 1.54) is 0 Å². The Morgan fingerprint density at radius 2 is 2.09 bits per heavy atom. The number of halogens is 1. The number of rotatable bonds is 3. The van der Waals surface area contributed by atoms with Crippen molar-refractivity contribution in [3.8, 4) is 0 Å². The van der Waals surface area contributed by atoms with Crippen LogP contribution < -0.4 is 10.6 Å². The number of hydrogen-bond acceptors (Lipinski definition) is 3. The van der Waals surface area contributed by atoms with Crippen LogP contribution in [0.5, 0.6) is 0 Å². The fourth-order valence-electron chi connectivity index (χ4n) is 2.67. The molecule has 22 heavy (non-hydrogen) atoms. The number of aryl methyl sites for hydroxylation is 1. The maximum Gasteiger partial charge on any atom is 0.313 e. The molecule has 1 aromatic rings. The number of aliphatic hydroxyl groups excluding tert-OH is 1. The van der Waals surface area contributed by atoms with Crippen molar-refractivity contribution in [2.75, 3.05) is 11.9 Å². The van der Waals surface area contributed by atoms with E-state index in [-0.39, 0.29) is 12.0 Å². The summed E-state index contributed by atoms with van der Waals surface area (Å²) in [5, 5.41) is 15.1. The summed E-state index contributed by atoms with van der Waals surface area (Å²) in [5.74, 6) is -1.19. The summed E-state index contributed by atoms with van der Waals surface area (Å²) < 4.78 is 0. The Hall–Kier alpha value is -1.59. The summed E-state index contributed by atoms with van der Waals surface area (Å²) in [4.78, 5) is 23.7. The van der Waals surface area contributed by atoms with E-state index in [9.17, 15) is 14.7 Å². The summed E-state index contributed by atoms with van der Waals surface area (Å²) >= 11 is 6.02. The Labute approximate surface area is 135 Å². The van der Waals surface area contributed by atoms with Crippen molar-refractivity contribution >= 4 is 29.1 Å². The van der Waals surface area contributed by atoms with E-state index in [4.69, 9.17) is 11.6 Å². The van der Waals surface area contributed by atoms with Gasteiger partial charge in [-0.1, -0.05) is 24.1 Å². The van der Waals surface area contributed by atoms with Crippen LogP contribution in [0, 0.1) is 12.8 Å². The Balaban J connectivity index is 1.83. The highest BCUT2D eigenvalue weighted by molar-refractivity contribution is 6.41. The monoisotopic (exact) mass is 324 g/mol. The van der Waals surface area contributed by atoms with Gasteiger partial charge in [-0.3, -0.25) is 9.59 Å². The number of nitrogens with one attached hydrogen (secondary N) is 2. The molecule has 2 amide bonds. The molecule has 5 nitrogen and oxygen atoms in total. The van der Waals surface area contributed by atoms with Gasteiger partial charge in [-0.15, -0.1) is 0 Å². The molecule has 1 aromatic carbocycles. The highest BCUT2D eigenvalue weighted by Gasteiger charge is 2.22. The third kappa shape index (κ3) is 4.71. The zero-order chi connectivity index (χ0) is 16.1. The van der Waals surface area contributed by atoms with Crippen molar-refractivity contribution in [2.45, 2.75) is 38.7 Å². The molecule has 2 rings (SSSR count). The second-order valence-corrected chi connectivity index (χ2v) is 6.24. The van der Waals surface area contributed by atoms with Crippen molar-refractivity contribution < 1.29 is 14.7 Å². The molecule has 0 saturated heterocycles. The normalized spacial score (nSPS) is 21.2. The third-order valence-electron chi connectivity index (χ3n) is 3.89. The fraction of sp³-hybridized carbons (Fsp3) is 0.500. The summed E-state index contributed by atoms with van der Waals surface area (Å²) in [5.41, 5.74) is 1.39. The second kappa shape index (κ2) is 7.61. The SMILES string of the molecule is Cc1ccc(NC(=O)C(=O)NCC2CCCC(O)C2)c(Cl)c1. The highest BCUT2D eigenvalue weighted by Crippen LogP contribution is 2.24. The molecular weight excluding hydrogens is 304 g/mol. The maximum atomic E-state index is 11.9. The van der Waals surface area contributed by atoms with Crippen molar-refractivity contribution in [3.63, 3.8) is 0 Å². The number of benzene rings is 1. The lowest BCUT2D eigenvalue weighted by Gasteiger charge is -2.25. The molecule has 2 atom stereocenters. The van der Waals surface area contributed by atoms with Gasteiger partial charge in [0.25, 0.3) is 0 Å². The number of anilines is 1. The molecule has 1 fully saturated rings. The maximum absolute atomic E-state index is 11.9. The first-order valence-corrected chi connectivity index (χ1v) is 7.87. The minimum atomic E-state index is -0.734. The molecule has 3 N–H and O–H groups in total. The minimum absolute atomic E-state index is 0.225. The lowest BCUT2D eigenvalue weighted by atomic mass is 9.87. The summed E-state index contributed by atoms with van der Waals surface area (Å²) in [6.07, 6.45) is 3.11. The largest absolute Gasteiger partial charge is 0.393 e. The molecular formula is C16H21ClN2O3. The zero-order valence-electron chi connectivity index (χ0n) is 12.6. The van der Waals surface area contributed by atoms with Crippen LogP contribution in [0.4, 0.5) is 5.69 Å². The topological polar surface area (TPSA) is 78.4 Å². The van der Waals surface area contributed by atoms with E-state index < -0.39 is 11.8 Å². The molecule has 0 aliphatic heterocycles. The molecule has 0 aromatic heterocycles. The molecule has 2 unspecified atom stereocenters. The Kier molecular flexibility index (Phi) is 5.80. The lowest BCUT2D eigenvalue weighted by Crippen LogP contribution is -2.39. The van der Waals surface area contributed by atoms with Crippen LogP contribution in [0.15, 0.2) is 18.2 Å². The average Bonchev–Trinajstić information content (AvgIpc) is 2.47. The van der Waals surface area contributed by atoms with E-state index in [0.29, 0.717) is 23.7 Å². The molecule has 1 aliphatic rings. The summed E-state index contributed by atoms with van der Waals surface area (Å²) in [7, 11) is 0. The van der Waals surface area contributed by atoms with E-state index in [0.717, 1.165) is 24.8 Å². The molecule has 0 heterocycles. The van der Waals surface area contributed by atoms with Crippen molar-refractivity contribution in [1.29, 1.82) is 0 Å². The molecule has 1 aliphatic carbocycles. The first kappa shape index (κ1) is 16.8. The van der Waals surface area contributed by atoms with Crippen molar-refractivity contribution in [3.05, 3.63) is 28.8 Å². The minimum Gasteiger partial charge on any atom is -0.393 e. The number of carbonyl (C=O) groups is 2. The van der Waals surface area contributed by atoms with E-state index >= 15 is 0 Å². The van der Waals surface area contributed by atoms with Crippen molar-refractivity contribution in [2.24, 2.45) is 5.92 Å². The van der Waals surface area contributed by atoms with Gasteiger partial charge in [-0.05, 0) is 49.8 Å². The first-order chi connectivity index (χ1) is 10.5. The van der Waals surface area contributed by atoms with Gasteiger partial charge in [0.1, 0.15) is 0 Å². The molecule has 1 saturated carbocycles. The Bertz CT molecular complexity index is 562. The van der Waals surface area contributed by atoms with Crippen LogP contribution in [0.1, 0.15) is 31.2 Å². The van der Waals surface area contributed by atoms with Gasteiger partial charge in [-0.25, -0.2) is 0 Å². The quantitative estimate of drug-likeness (QED) is 0.746. The Morgan fingerprint density at radius 3 is 2.77 bits per heavy atom. The predicted molar refractivity (Wildman–Crippen MR) is 85.8 cm³/mol. The van der Waals surface area contributed by atoms with Crippen LogP contribution in [-0.4, -0.2) is 29.6 Å². The highest BCUT2D eigenvalue weighted by atomic mass is 35.5. The zero-order valence-corrected chi connectivity index (χ0v) is 13.3. The molecule has 0 bridgehead atoms. The summed E-state index contributed by atoms with van der Waals surface area (Å²) in [6.45, 7) is 2.30. The molecule has 0 radical (unpaired) electrons. The summed E-state index contributed by atoms with van der Waals surface area (Å²) in [6, 6.07) is 5.20. The third-order valence-corrected chi connectivity index (χ3v) is 4.20. The number of hydrogen-bond donors (Lipinski definition) is 3. The predicted octanol–water partition coefficient (Wildman–Crippen LogP) is 2.25. The van der Waals surface area contributed by atoms with Gasteiger partial charge in [0, 0.05) is 6.54 Å². The van der Waals surface area contributed by atoms with Crippen molar-refractivity contribution in [1.82, 2.24) is 5.32 Å². The van der Waals surface area contributed by atoms with E-state index in [1.807, 2.05) is 13.0 Å². The van der Waals surface area contributed by atoms with Crippen LogP contribution in [-0.2, 0) is 9.59 Å². The molecule has 0 spiro atoms. The van der Waals surface area contributed by atoms with E-state index in [1.54, 1.807) is 12.1 Å². The van der Waals surface area contributed by atoms with Crippen LogP contribution >= 0.6 is 11.6 Å². The lowest BCUT2D eigenvalue weighted by molar-refractivity contribution is -0.136. The fourth-order valence-corrected chi connectivity index (χ4v) is 2.95. The number of carbonyl (C=O) groups excluding carboxylic acids is 2. The van der Waals surface area contributed by atoms with Gasteiger partial charge < -0.3 is 15.7 Å². The first-order valence-electron chi connectivity index (χ1n) is 7.49. The number of amides is 2.